The maximum Gasteiger partial charge on any atom is 0.292 e. The zero-order valence-electron chi connectivity index (χ0n) is 16.7. The highest BCUT2D eigenvalue weighted by molar-refractivity contribution is 6.01. The van der Waals surface area contributed by atoms with Gasteiger partial charge in [-0.1, -0.05) is 24.3 Å². The Kier molecular flexibility index (Phi) is 5.98. The first-order valence-electron chi connectivity index (χ1n) is 9.54. The Bertz CT molecular complexity index is 1180. The van der Waals surface area contributed by atoms with E-state index < -0.39 is 5.91 Å². The predicted octanol–water partition coefficient (Wildman–Crippen LogP) is 4.50. The van der Waals surface area contributed by atoms with Gasteiger partial charge in [0, 0.05) is 23.9 Å². The van der Waals surface area contributed by atoms with E-state index in [9.17, 15) is 9.18 Å². The van der Waals surface area contributed by atoms with Gasteiger partial charge in [-0.15, -0.1) is 0 Å². The van der Waals surface area contributed by atoms with Gasteiger partial charge in [0.2, 0.25) is 0 Å². The number of aromatic nitrogens is 2. The van der Waals surface area contributed by atoms with Crippen molar-refractivity contribution >= 4 is 11.7 Å². The fourth-order valence-electron chi connectivity index (χ4n) is 2.92. The molecule has 0 saturated heterocycles. The number of ether oxygens (including phenoxy) is 2. The van der Waals surface area contributed by atoms with E-state index in [0.29, 0.717) is 28.6 Å². The minimum atomic E-state index is -0.441. The summed E-state index contributed by atoms with van der Waals surface area (Å²) in [5.41, 5.74) is 0.509. The Morgan fingerprint density at radius 3 is 2.77 bits per heavy atom. The Hall–Kier alpha value is -4.07. The summed E-state index contributed by atoms with van der Waals surface area (Å²) in [6.07, 6.45) is 1.66. The smallest absolute Gasteiger partial charge is 0.292 e. The van der Waals surface area contributed by atoms with E-state index in [2.05, 4.69) is 10.4 Å². The Balaban J connectivity index is 1.34. The van der Waals surface area contributed by atoms with Crippen LogP contribution in [0.5, 0.6) is 11.5 Å². The van der Waals surface area contributed by atoms with Crippen LogP contribution in [-0.4, -0.2) is 22.8 Å². The van der Waals surface area contributed by atoms with Crippen LogP contribution >= 0.6 is 0 Å². The molecule has 1 N–H and O–H groups in total. The lowest BCUT2D eigenvalue weighted by atomic mass is 10.2. The molecule has 0 atom stereocenters. The van der Waals surface area contributed by atoms with Crippen molar-refractivity contribution in [2.24, 2.45) is 0 Å². The molecule has 2 aromatic carbocycles. The molecule has 0 bridgehead atoms. The van der Waals surface area contributed by atoms with Crippen LogP contribution in [0.4, 0.5) is 10.2 Å². The molecule has 158 valence electrons. The van der Waals surface area contributed by atoms with Crippen LogP contribution in [0.1, 0.15) is 21.9 Å². The molecule has 4 aromatic rings. The van der Waals surface area contributed by atoms with E-state index in [1.165, 1.54) is 6.07 Å². The van der Waals surface area contributed by atoms with Crippen molar-refractivity contribution in [2.75, 3.05) is 12.4 Å². The second-order valence-corrected chi connectivity index (χ2v) is 6.68. The molecule has 0 spiro atoms. The van der Waals surface area contributed by atoms with Gasteiger partial charge >= 0.3 is 0 Å². The lowest BCUT2D eigenvalue weighted by Gasteiger charge is -2.06. The zero-order valence-corrected chi connectivity index (χ0v) is 16.7. The highest BCUT2D eigenvalue weighted by Crippen LogP contribution is 2.20. The van der Waals surface area contributed by atoms with Crippen LogP contribution in [0.2, 0.25) is 0 Å². The highest BCUT2D eigenvalue weighted by Gasteiger charge is 2.14. The maximum atomic E-state index is 13.8. The largest absolute Gasteiger partial charge is 0.497 e. The second-order valence-electron chi connectivity index (χ2n) is 6.68. The van der Waals surface area contributed by atoms with Gasteiger partial charge in [-0.25, -0.2) is 4.39 Å². The minimum Gasteiger partial charge on any atom is -0.497 e. The summed E-state index contributed by atoms with van der Waals surface area (Å²) in [5.74, 6) is 1.54. The highest BCUT2D eigenvalue weighted by atomic mass is 19.1. The number of carbonyl (C=O) groups is 1. The first-order valence-corrected chi connectivity index (χ1v) is 9.54. The molecule has 0 fully saturated rings. The topological polar surface area (TPSA) is 78.5 Å². The van der Waals surface area contributed by atoms with Gasteiger partial charge in [0.1, 0.15) is 29.7 Å². The quantitative estimate of drug-likeness (QED) is 0.453. The summed E-state index contributed by atoms with van der Waals surface area (Å²) in [4.78, 5) is 12.4. The van der Waals surface area contributed by atoms with E-state index in [0.717, 1.165) is 0 Å². The summed E-state index contributed by atoms with van der Waals surface area (Å²) < 4.78 is 31.7. The van der Waals surface area contributed by atoms with Gasteiger partial charge in [-0.05, 0) is 30.3 Å². The average molecular weight is 421 g/mol. The van der Waals surface area contributed by atoms with Crippen LogP contribution in [-0.2, 0) is 13.2 Å². The fourth-order valence-corrected chi connectivity index (χ4v) is 2.92. The van der Waals surface area contributed by atoms with Crippen molar-refractivity contribution in [1.82, 2.24) is 9.78 Å². The van der Waals surface area contributed by atoms with Crippen LogP contribution in [0.25, 0.3) is 0 Å². The third kappa shape index (κ3) is 5.11. The molecule has 4 rings (SSSR count). The fraction of sp³-hybridized carbons (Fsp3) is 0.130. The van der Waals surface area contributed by atoms with Crippen molar-refractivity contribution in [3.8, 4) is 11.5 Å². The summed E-state index contributed by atoms with van der Waals surface area (Å²) in [5, 5.41) is 6.92. The van der Waals surface area contributed by atoms with Crippen molar-refractivity contribution in [3.63, 3.8) is 0 Å². The molecule has 0 unspecified atom stereocenters. The molecule has 0 aliphatic heterocycles. The van der Waals surface area contributed by atoms with E-state index in [1.54, 1.807) is 66.5 Å². The van der Waals surface area contributed by atoms with E-state index in [1.807, 2.05) is 12.1 Å². The molecule has 8 heteroatoms. The average Bonchev–Trinajstić information content (AvgIpc) is 3.44. The van der Waals surface area contributed by atoms with Gasteiger partial charge in [0.15, 0.2) is 11.6 Å². The lowest BCUT2D eigenvalue weighted by molar-refractivity contribution is 0.0992. The molecular formula is C23H20FN3O4. The number of hydrogen-bond acceptors (Lipinski definition) is 5. The van der Waals surface area contributed by atoms with Gasteiger partial charge in [-0.2, -0.15) is 5.10 Å². The van der Waals surface area contributed by atoms with Gasteiger partial charge in [0.05, 0.1) is 13.7 Å². The predicted molar refractivity (Wildman–Crippen MR) is 112 cm³/mol. The van der Waals surface area contributed by atoms with Crippen molar-refractivity contribution in [3.05, 3.63) is 95.8 Å². The van der Waals surface area contributed by atoms with Crippen molar-refractivity contribution in [2.45, 2.75) is 13.2 Å². The van der Waals surface area contributed by atoms with Crippen molar-refractivity contribution < 1.29 is 23.1 Å². The Morgan fingerprint density at radius 1 is 1.10 bits per heavy atom. The first kappa shape index (κ1) is 20.2. The molecular weight excluding hydrogens is 401 g/mol. The van der Waals surface area contributed by atoms with Crippen molar-refractivity contribution in [1.29, 1.82) is 0 Å². The van der Waals surface area contributed by atoms with Crippen LogP contribution in [0.15, 0.2) is 77.3 Å². The number of rotatable bonds is 8. The number of carbonyl (C=O) groups excluding carboxylic acids is 1. The molecule has 2 aromatic heterocycles. The van der Waals surface area contributed by atoms with Gasteiger partial charge in [0.25, 0.3) is 5.91 Å². The number of hydrogen-bond donors (Lipinski definition) is 1. The number of benzene rings is 2. The molecule has 7 nitrogen and oxygen atoms in total. The first-order chi connectivity index (χ1) is 15.1. The maximum absolute atomic E-state index is 13.8. The van der Waals surface area contributed by atoms with Gasteiger partial charge in [-0.3, -0.25) is 9.48 Å². The number of halogens is 1. The standard InChI is InChI=1S/C23H20FN3O4/c1-29-17-6-4-7-18(13-17)30-15-19-9-10-21(31-19)23(28)25-22-11-12-27(26-22)14-16-5-2-3-8-20(16)24/h2-13H,14-15H2,1H3,(H,25,26,28). The number of methoxy groups -OCH3 is 1. The minimum absolute atomic E-state index is 0.132. The third-order valence-corrected chi connectivity index (χ3v) is 4.48. The number of amides is 1. The molecule has 31 heavy (non-hydrogen) atoms. The number of furan rings is 1. The van der Waals surface area contributed by atoms with E-state index >= 15 is 0 Å². The summed E-state index contributed by atoms with van der Waals surface area (Å²) in [6, 6.07) is 18.5. The second kappa shape index (κ2) is 9.17. The number of nitrogens with one attached hydrogen (secondary N) is 1. The SMILES string of the molecule is COc1cccc(OCc2ccc(C(=O)Nc3ccn(Cc4ccccc4F)n3)o2)c1. The normalized spacial score (nSPS) is 10.6. The number of anilines is 1. The van der Waals surface area contributed by atoms with Gasteiger partial charge < -0.3 is 19.2 Å². The summed E-state index contributed by atoms with van der Waals surface area (Å²) in [7, 11) is 1.58. The molecule has 1 amide bonds. The molecule has 2 heterocycles. The lowest BCUT2D eigenvalue weighted by Crippen LogP contribution is -2.12. The number of nitrogens with zero attached hydrogens (tertiary/aromatic N) is 2. The molecule has 0 aliphatic carbocycles. The Labute approximate surface area is 178 Å². The third-order valence-electron chi connectivity index (χ3n) is 4.48. The monoisotopic (exact) mass is 421 g/mol. The Morgan fingerprint density at radius 2 is 1.94 bits per heavy atom. The molecule has 0 aliphatic rings. The van der Waals surface area contributed by atoms with Crippen LogP contribution in [0.3, 0.4) is 0 Å². The summed E-state index contributed by atoms with van der Waals surface area (Å²) in [6.45, 7) is 0.423. The van der Waals surface area contributed by atoms with Crippen LogP contribution in [0, 0.1) is 5.82 Å². The van der Waals surface area contributed by atoms with E-state index in [-0.39, 0.29) is 24.7 Å². The summed E-state index contributed by atoms with van der Waals surface area (Å²) >= 11 is 0. The zero-order chi connectivity index (χ0) is 21.6. The molecule has 0 saturated carbocycles. The van der Waals surface area contributed by atoms with Crippen LogP contribution < -0.4 is 14.8 Å². The molecule has 0 radical (unpaired) electrons. The van der Waals surface area contributed by atoms with E-state index in [4.69, 9.17) is 13.9 Å².